The number of carbonyl (C=O) groups excluding carboxylic acids is 1. The van der Waals surface area contributed by atoms with E-state index in [-0.39, 0.29) is 10.9 Å². The van der Waals surface area contributed by atoms with Gasteiger partial charge in [0.2, 0.25) is 0 Å². The van der Waals surface area contributed by atoms with E-state index in [9.17, 15) is 18.0 Å². The predicted octanol–water partition coefficient (Wildman–Crippen LogP) is 3.85. The van der Waals surface area contributed by atoms with Gasteiger partial charge in [0.15, 0.2) is 10.9 Å². The number of benzene rings is 1. The molecule has 1 aromatic heterocycles. The molecule has 0 unspecified atom stereocenters. The van der Waals surface area contributed by atoms with E-state index in [1.54, 1.807) is 24.3 Å². The molecule has 0 atom stereocenters. The first kappa shape index (κ1) is 14.5. The molecule has 0 aliphatic heterocycles. The van der Waals surface area contributed by atoms with Crippen molar-refractivity contribution in [1.82, 2.24) is 9.97 Å². The largest absolute Gasteiger partial charge is 0.433 e. The summed E-state index contributed by atoms with van der Waals surface area (Å²) >= 11 is 1.00. The Labute approximate surface area is 117 Å². The van der Waals surface area contributed by atoms with Crippen molar-refractivity contribution in [2.75, 3.05) is 0 Å². The van der Waals surface area contributed by atoms with Crippen LogP contribution in [0.2, 0.25) is 0 Å². The summed E-state index contributed by atoms with van der Waals surface area (Å²) in [7, 11) is 0. The Morgan fingerprint density at radius 3 is 2.35 bits per heavy atom. The fourth-order valence-electron chi connectivity index (χ4n) is 1.41. The Balaban J connectivity index is 2.20. The second kappa shape index (κ2) is 5.62. The van der Waals surface area contributed by atoms with Crippen LogP contribution in [0.5, 0.6) is 0 Å². The third-order valence-corrected chi connectivity index (χ3v) is 3.28. The first-order valence-electron chi connectivity index (χ1n) is 5.55. The molecule has 104 valence electrons. The van der Waals surface area contributed by atoms with Crippen LogP contribution in [-0.2, 0) is 6.18 Å². The van der Waals surface area contributed by atoms with Crippen LogP contribution in [0.4, 0.5) is 13.2 Å². The number of alkyl halides is 3. The summed E-state index contributed by atoms with van der Waals surface area (Å²) in [5.74, 6) is -0.0723. The van der Waals surface area contributed by atoms with Crippen LogP contribution in [0, 0.1) is 0 Å². The monoisotopic (exact) mass is 298 g/mol. The number of nitrogens with zero attached hydrogens (tertiary/aromatic N) is 2. The van der Waals surface area contributed by atoms with E-state index in [0.29, 0.717) is 10.5 Å². The van der Waals surface area contributed by atoms with Gasteiger partial charge in [-0.05, 0) is 36.9 Å². The van der Waals surface area contributed by atoms with E-state index in [4.69, 9.17) is 0 Å². The molecule has 0 N–H and O–H groups in total. The highest BCUT2D eigenvalue weighted by Gasteiger charge is 2.32. The molecule has 1 aromatic carbocycles. The van der Waals surface area contributed by atoms with Crippen molar-refractivity contribution in [1.29, 1.82) is 0 Å². The maximum Gasteiger partial charge on any atom is 0.433 e. The third kappa shape index (κ3) is 3.57. The smallest absolute Gasteiger partial charge is 0.295 e. The van der Waals surface area contributed by atoms with Crippen LogP contribution in [0.1, 0.15) is 23.0 Å². The fourth-order valence-corrected chi connectivity index (χ4v) is 2.15. The summed E-state index contributed by atoms with van der Waals surface area (Å²) in [6, 6.07) is 7.33. The van der Waals surface area contributed by atoms with E-state index >= 15 is 0 Å². The molecule has 7 heteroatoms. The van der Waals surface area contributed by atoms with Crippen molar-refractivity contribution in [3.05, 3.63) is 47.8 Å². The van der Waals surface area contributed by atoms with Crippen LogP contribution in [0.3, 0.4) is 0 Å². The van der Waals surface area contributed by atoms with Crippen molar-refractivity contribution < 1.29 is 18.0 Å². The van der Waals surface area contributed by atoms with Crippen LogP contribution >= 0.6 is 11.8 Å². The molecule has 2 aromatic rings. The van der Waals surface area contributed by atoms with Crippen LogP contribution < -0.4 is 0 Å². The number of hydrogen-bond donors (Lipinski definition) is 0. The first-order chi connectivity index (χ1) is 9.36. The fraction of sp³-hybridized carbons (Fsp3) is 0.154. The number of carbonyl (C=O) groups is 1. The van der Waals surface area contributed by atoms with E-state index in [1.807, 2.05) is 0 Å². The van der Waals surface area contributed by atoms with Crippen molar-refractivity contribution in [3.8, 4) is 0 Å². The summed E-state index contributed by atoms with van der Waals surface area (Å²) in [5, 5.41) is 0.00963. The minimum atomic E-state index is -4.49. The number of ketones is 1. The van der Waals surface area contributed by atoms with Crippen molar-refractivity contribution in [3.63, 3.8) is 0 Å². The van der Waals surface area contributed by atoms with Crippen molar-refractivity contribution in [2.24, 2.45) is 0 Å². The van der Waals surface area contributed by atoms with Gasteiger partial charge in [-0.25, -0.2) is 9.97 Å². The second-order valence-corrected chi connectivity index (χ2v) is 4.95. The third-order valence-electron chi connectivity index (χ3n) is 2.39. The van der Waals surface area contributed by atoms with Crippen molar-refractivity contribution in [2.45, 2.75) is 23.2 Å². The Bertz CT molecular complexity index is 626. The van der Waals surface area contributed by atoms with Crippen LogP contribution in [0.25, 0.3) is 0 Å². The minimum Gasteiger partial charge on any atom is -0.295 e. The maximum atomic E-state index is 12.5. The molecule has 20 heavy (non-hydrogen) atoms. The van der Waals surface area contributed by atoms with E-state index in [2.05, 4.69) is 9.97 Å². The molecule has 0 saturated heterocycles. The first-order valence-corrected chi connectivity index (χ1v) is 6.37. The standard InChI is InChI=1S/C13H9F3N2OS/c1-8(19)9-2-4-10(5-3-9)20-12-17-7-6-11(18-12)13(14,15)16/h2-7H,1H3. The van der Waals surface area contributed by atoms with Crippen molar-refractivity contribution >= 4 is 17.5 Å². The number of hydrogen-bond acceptors (Lipinski definition) is 4. The number of aromatic nitrogens is 2. The summed E-state index contributed by atoms with van der Waals surface area (Å²) in [6.45, 7) is 1.44. The van der Waals surface area contributed by atoms with Gasteiger partial charge in [-0.1, -0.05) is 12.1 Å². The lowest BCUT2D eigenvalue weighted by atomic mass is 10.2. The van der Waals surface area contributed by atoms with Gasteiger partial charge in [0, 0.05) is 16.7 Å². The Hall–Kier alpha value is -1.89. The molecule has 0 bridgehead atoms. The average Bonchev–Trinajstić information content (AvgIpc) is 2.38. The quantitative estimate of drug-likeness (QED) is 0.637. The molecule has 2 rings (SSSR count). The average molecular weight is 298 g/mol. The van der Waals surface area contributed by atoms with Gasteiger partial charge in [0.1, 0.15) is 5.69 Å². The molecule has 1 heterocycles. The molecule has 0 aliphatic carbocycles. The van der Waals surface area contributed by atoms with Gasteiger partial charge in [0.05, 0.1) is 0 Å². The van der Waals surface area contributed by atoms with Gasteiger partial charge in [-0.2, -0.15) is 13.2 Å². The molecule has 0 amide bonds. The Kier molecular flexibility index (Phi) is 4.08. The zero-order chi connectivity index (χ0) is 14.8. The lowest BCUT2D eigenvalue weighted by molar-refractivity contribution is -0.141. The normalized spacial score (nSPS) is 11.4. The molecule has 0 radical (unpaired) electrons. The SMILES string of the molecule is CC(=O)c1ccc(Sc2nccc(C(F)(F)F)n2)cc1. The molecule has 0 saturated carbocycles. The summed E-state index contributed by atoms with van der Waals surface area (Å²) < 4.78 is 37.5. The zero-order valence-corrected chi connectivity index (χ0v) is 11.1. The molecule has 0 aliphatic rings. The Morgan fingerprint density at radius 1 is 1.15 bits per heavy atom. The summed E-state index contributed by atoms with van der Waals surface area (Å²) in [4.78, 5) is 19.0. The van der Waals surface area contributed by atoms with Gasteiger partial charge >= 0.3 is 6.18 Å². The van der Waals surface area contributed by atoms with Crippen LogP contribution in [-0.4, -0.2) is 15.8 Å². The van der Waals surface area contributed by atoms with Gasteiger partial charge in [0.25, 0.3) is 0 Å². The van der Waals surface area contributed by atoms with Gasteiger partial charge in [-0.15, -0.1) is 0 Å². The van der Waals surface area contributed by atoms with Crippen LogP contribution in [0.15, 0.2) is 46.6 Å². The lowest BCUT2D eigenvalue weighted by Crippen LogP contribution is -2.08. The lowest BCUT2D eigenvalue weighted by Gasteiger charge is -2.06. The van der Waals surface area contributed by atoms with Gasteiger partial charge in [-0.3, -0.25) is 4.79 Å². The number of rotatable bonds is 3. The van der Waals surface area contributed by atoms with Gasteiger partial charge < -0.3 is 0 Å². The van der Waals surface area contributed by atoms with E-state index in [0.717, 1.165) is 24.0 Å². The number of halogens is 3. The minimum absolute atomic E-state index is 0.00963. The highest BCUT2D eigenvalue weighted by molar-refractivity contribution is 7.99. The molecular formula is C13H9F3N2OS. The predicted molar refractivity (Wildman–Crippen MR) is 67.6 cm³/mol. The Morgan fingerprint density at radius 2 is 1.80 bits per heavy atom. The highest BCUT2D eigenvalue weighted by atomic mass is 32.2. The molecular weight excluding hydrogens is 289 g/mol. The summed E-state index contributed by atoms with van der Waals surface area (Å²) in [6.07, 6.45) is -3.42. The van der Waals surface area contributed by atoms with E-state index < -0.39 is 11.9 Å². The molecule has 0 fully saturated rings. The molecule has 3 nitrogen and oxygen atoms in total. The number of Topliss-reactive ketones (excluding diaryl/α,β-unsaturated/α-hetero) is 1. The second-order valence-electron chi connectivity index (χ2n) is 3.90. The van der Waals surface area contributed by atoms with E-state index in [1.165, 1.54) is 6.92 Å². The topological polar surface area (TPSA) is 42.9 Å². The summed E-state index contributed by atoms with van der Waals surface area (Å²) in [5.41, 5.74) is -0.435. The highest BCUT2D eigenvalue weighted by Crippen LogP contribution is 2.30. The maximum absolute atomic E-state index is 12.5. The zero-order valence-electron chi connectivity index (χ0n) is 10.3. The molecule has 0 spiro atoms.